The van der Waals surface area contributed by atoms with Gasteiger partial charge in [-0.05, 0) is 56.8 Å². The number of allylic oxidation sites excluding steroid dienone is 1. The first-order valence-corrected chi connectivity index (χ1v) is 7.50. The Hall–Kier alpha value is -1.42. The molecule has 0 saturated heterocycles. The summed E-state index contributed by atoms with van der Waals surface area (Å²) in [7, 11) is 0. The van der Waals surface area contributed by atoms with E-state index in [4.69, 9.17) is 4.74 Å². The minimum atomic E-state index is -1.11. The lowest BCUT2D eigenvalue weighted by Gasteiger charge is -2.19. The Balaban J connectivity index is 2.02. The first-order valence-electron chi connectivity index (χ1n) is 7.50. The summed E-state index contributed by atoms with van der Waals surface area (Å²) in [5.74, 6) is -0.307. The number of unbranched alkanes of at least 4 members (excludes halogenated alkanes) is 1. The fourth-order valence-electron chi connectivity index (χ4n) is 2.38. The van der Waals surface area contributed by atoms with Crippen LogP contribution >= 0.6 is 0 Å². The third-order valence-corrected chi connectivity index (χ3v) is 3.75. The van der Waals surface area contributed by atoms with Crippen LogP contribution in [0.4, 0.5) is 8.78 Å². The van der Waals surface area contributed by atoms with Crippen molar-refractivity contribution in [2.75, 3.05) is 13.2 Å². The van der Waals surface area contributed by atoms with Crippen LogP contribution in [0.15, 0.2) is 30.9 Å². The molecule has 1 unspecified atom stereocenters. The Bertz CT molecular complexity index is 484. The molecular weight excluding hydrogens is 272 g/mol. The van der Waals surface area contributed by atoms with Gasteiger partial charge in [0.15, 0.2) is 11.6 Å². The second kappa shape index (κ2) is 7.03. The molecule has 21 heavy (non-hydrogen) atoms. The highest BCUT2D eigenvalue weighted by Gasteiger charge is 2.43. The van der Waals surface area contributed by atoms with Crippen LogP contribution in [-0.4, -0.2) is 19.3 Å². The monoisotopic (exact) mass is 295 g/mol. The van der Waals surface area contributed by atoms with Crippen LogP contribution in [0.3, 0.4) is 0 Å². The number of benzene rings is 1. The fraction of sp³-hybridized carbons (Fsp3) is 0.529. The van der Waals surface area contributed by atoms with Crippen LogP contribution in [0.5, 0.6) is 5.75 Å². The van der Waals surface area contributed by atoms with Crippen molar-refractivity contribution in [1.82, 2.24) is 5.32 Å². The highest BCUT2D eigenvalue weighted by atomic mass is 19.1. The van der Waals surface area contributed by atoms with Gasteiger partial charge in [0, 0.05) is 5.54 Å². The third-order valence-electron chi connectivity index (χ3n) is 3.75. The summed E-state index contributed by atoms with van der Waals surface area (Å²) >= 11 is 0. The molecule has 0 spiro atoms. The summed E-state index contributed by atoms with van der Waals surface area (Å²) in [6.45, 7) is 5.88. The molecule has 4 heteroatoms. The molecule has 0 radical (unpaired) electrons. The van der Waals surface area contributed by atoms with Crippen LogP contribution in [0.1, 0.15) is 38.2 Å². The molecule has 0 aliphatic heterocycles. The lowest BCUT2D eigenvalue weighted by Crippen LogP contribution is -2.29. The maximum absolute atomic E-state index is 13.7. The lowest BCUT2D eigenvalue weighted by atomic mass is 10.0. The second-order valence-electron chi connectivity index (χ2n) is 5.68. The predicted octanol–water partition coefficient (Wildman–Crippen LogP) is 4.11. The number of alkyl halides is 1. The smallest absolute Gasteiger partial charge is 0.165 e. The van der Waals surface area contributed by atoms with Crippen molar-refractivity contribution in [2.45, 2.75) is 44.3 Å². The van der Waals surface area contributed by atoms with Gasteiger partial charge in [0.2, 0.25) is 0 Å². The van der Waals surface area contributed by atoms with Gasteiger partial charge in [-0.25, -0.2) is 8.78 Å². The van der Waals surface area contributed by atoms with E-state index in [1.807, 2.05) is 6.08 Å². The molecular formula is C17H23F2NO. The van der Waals surface area contributed by atoms with Gasteiger partial charge in [0.25, 0.3) is 0 Å². The zero-order chi connectivity index (χ0) is 15.3. The highest BCUT2D eigenvalue weighted by Crippen LogP contribution is 2.46. The van der Waals surface area contributed by atoms with Gasteiger partial charge in [0.1, 0.15) is 12.8 Å². The predicted molar refractivity (Wildman–Crippen MR) is 80.8 cm³/mol. The average Bonchev–Trinajstić information content (AvgIpc) is 3.24. The SMILES string of the molecule is C=CCCCNC1(c2ccc(F)c(OCC(C)F)c2)CC1. The van der Waals surface area contributed by atoms with Crippen molar-refractivity contribution in [3.63, 3.8) is 0 Å². The number of nitrogens with one attached hydrogen (secondary N) is 1. The van der Waals surface area contributed by atoms with Gasteiger partial charge in [-0.3, -0.25) is 0 Å². The molecule has 116 valence electrons. The van der Waals surface area contributed by atoms with Crippen molar-refractivity contribution in [3.8, 4) is 5.75 Å². The Morgan fingerprint density at radius 1 is 1.48 bits per heavy atom. The fourth-order valence-corrected chi connectivity index (χ4v) is 2.38. The van der Waals surface area contributed by atoms with Gasteiger partial charge in [-0.15, -0.1) is 6.58 Å². The molecule has 2 rings (SSSR count). The van der Waals surface area contributed by atoms with Crippen molar-refractivity contribution in [2.24, 2.45) is 0 Å². The molecule has 2 nitrogen and oxygen atoms in total. The molecule has 1 aliphatic rings. The first kappa shape index (κ1) is 16.0. The van der Waals surface area contributed by atoms with E-state index in [-0.39, 0.29) is 17.9 Å². The first-order chi connectivity index (χ1) is 10.1. The van der Waals surface area contributed by atoms with Gasteiger partial charge in [0.05, 0.1) is 0 Å². The largest absolute Gasteiger partial charge is 0.487 e. The summed E-state index contributed by atoms with van der Waals surface area (Å²) < 4.78 is 31.8. The number of halogens is 2. The van der Waals surface area contributed by atoms with Crippen molar-refractivity contribution in [1.29, 1.82) is 0 Å². The summed E-state index contributed by atoms with van der Waals surface area (Å²) in [5.41, 5.74) is 0.956. The molecule has 1 N–H and O–H groups in total. The number of hydrogen-bond donors (Lipinski definition) is 1. The summed E-state index contributed by atoms with van der Waals surface area (Å²) in [4.78, 5) is 0. The lowest BCUT2D eigenvalue weighted by molar-refractivity contribution is 0.203. The molecule has 1 atom stereocenters. The quantitative estimate of drug-likeness (QED) is 0.547. The van der Waals surface area contributed by atoms with Crippen molar-refractivity contribution >= 4 is 0 Å². The Morgan fingerprint density at radius 2 is 2.24 bits per heavy atom. The second-order valence-corrected chi connectivity index (χ2v) is 5.68. The van der Waals surface area contributed by atoms with Crippen LogP contribution < -0.4 is 10.1 Å². The summed E-state index contributed by atoms with van der Waals surface area (Å²) in [6, 6.07) is 4.89. The number of rotatable bonds is 9. The van der Waals surface area contributed by atoms with E-state index in [0.717, 1.165) is 37.8 Å². The van der Waals surface area contributed by atoms with E-state index >= 15 is 0 Å². The van der Waals surface area contributed by atoms with Gasteiger partial charge < -0.3 is 10.1 Å². The maximum Gasteiger partial charge on any atom is 0.165 e. The number of ether oxygens (including phenoxy) is 1. The molecule has 1 fully saturated rings. The van der Waals surface area contributed by atoms with Crippen LogP contribution in [0, 0.1) is 5.82 Å². The molecule has 0 heterocycles. The maximum atomic E-state index is 13.7. The van der Waals surface area contributed by atoms with E-state index in [1.165, 1.54) is 13.0 Å². The normalized spacial score (nSPS) is 17.3. The van der Waals surface area contributed by atoms with E-state index in [2.05, 4.69) is 11.9 Å². The topological polar surface area (TPSA) is 21.3 Å². The van der Waals surface area contributed by atoms with Crippen LogP contribution in [0.25, 0.3) is 0 Å². The minimum Gasteiger partial charge on any atom is -0.487 e. The standard InChI is InChI=1S/C17H23F2NO/c1-3-4-5-10-20-17(8-9-17)14-6-7-15(19)16(11-14)21-12-13(2)18/h3,6-7,11,13,20H,1,4-5,8-10,12H2,2H3. The third kappa shape index (κ3) is 4.27. The Kier molecular flexibility index (Phi) is 5.34. The summed E-state index contributed by atoms with van der Waals surface area (Å²) in [6.07, 6.45) is 4.88. The molecule has 1 saturated carbocycles. The molecule has 1 aromatic rings. The minimum absolute atomic E-state index is 0.0612. The van der Waals surface area contributed by atoms with E-state index < -0.39 is 12.0 Å². The zero-order valence-corrected chi connectivity index (χ0v) is 12.5. The molecule has 1 aromatic carbocycles. The van der Waals surface area contributed by atoms with Crippen LogP contribution in [0.2, 0.25) is 0 Å². The average molecular weight is 295 g/mol. The van der Waals surface area contributed by atoms with Crippen LogP contribution in [-0.2, 0) is 5.54 Å². The molecule has 0 bridgehead atoms. The number of hydrogen-bond acceptors (Lipinski definition) is 2. The van der Waals surface area contributed by atoms with Crippen molar-refractivity contribution in [3.05, 3.63) is 42.2 Å². The van der Waals surface area contributed by atoms with Crippen molar-refractivity contribution < 1.29 is 13.5 Å². The van der Waals surface area contributed by atoms with Gasteiger partial charge >= 0.3 is 0 Å². The highest BCUT2D eigenvalue weighted by molar-refractivity contribution is 5.38. The molecule has 0 aromatic heterocycles. The molecule has 0 amide bonds. The Morgan fingerprint density at radius 3 is 2.86 bits per heavy atom. The Labute approximate surface area is 125 Å². The van der Waals surface area contributed by atoms with E-state index in [1.54, 1.807) is 12.1 Å². The molecule has 1 aliphatic carbocycles. The zero-order valence-electron chi connectivity index (χ0n) is 12.5. The summed E-state index contributed by atoms with van der Waals surface area (Å²) in [5, 5.41) is 3.53. The van der Waals surface area contributed by atoms with Gasteiger partial charge in [-0.2, -0.15) is 0 Å². The van der Waals surface area contributed by atoms with E-state index in [0.29, 0.717) is 0 Å². The van der Waals surface area contributed by atoms with Gasteiger partial charge in [-0.1, -0.05) is 12.1 Å². The van der Waals surface area contributed by atoms with E-state index in [9.17, 15) is 8.78 Å².